The van der Waals surface area contributed by atoms with E-state index in [0.717, 1.165) is 17.3 Å². The predicted molar refractivity (Wildman–Crippen MR) is 90.9 cm³/mol. The molecule has 0 aliphatic heterocycles. The number of nitrogens with zero attached hydrogens (tertiary/aromatic N) is 4. The molecule has 2 heterocycles. The van der Waals surface area contributed by atoms with Gasteiger partial charge in [-0.3, -0.25) is 5.32 Å². The average Bonchev–Trinajstić information content (AvgIpc) is 3.02. The first-order valence-electron chi connectivity index (χ1n) is 7.62. The second kappa shape index (κ2) is 6.79. The lowest BCUT2D eigenvalue weighted by molar-refractivity contribution is 0.252. The molecule has 7 nitrogen and oxygen atoms in total. The number of urea groups is 1. The molecule has 0 spiro atoms. The van der Waals surface area contributed by atoms with Crippen molar-refractivity contribution in [3.05, 3.63) is 48.2 Å². The van der Waals surface area contributed by atoms with Gasteiger partial charge < -0.3 is 5.32 Å². The molecular weight excluding hydrogens is 304 g/mol. The zero-order chi connectivity index (χ0) is 16.9. The van der Waals surface area contributed by atoms with Crippen LogP contribution in [0.25, 0.3) is 16.7 Å². The number of benzene rings is 1. The summed E-state index contributed by atoms with van der Waals surface area (Å²) in [5.74, 6) is 0.829. The highest BCUT2D eigenvalue weighted by atomic mass is 16.2. The summed E-state index contributed by atoms with van der Waals surface area (Å²) in [5, 5.41) is 19.8. The normalized spacial score (nSPS) is 10.3. The number of amides is 2. The minimum atomic E-state index is -0.379. The van der Waals surface area contributed by atoms with Crippen LogP contribution in [0, 0.1) is 11.3 Å². The third kappa shape index (κ3) is 3.03. The van der Waals surface area contributed by atoms with Gasteiger partial charge in [-0.15, -0.1) is 0 Å². The SMILES string of the molecule is CCCNC(=O)Nc1c(C#N)cnn1-c1ccc2ccccc2n1. The molecule has 7 heteroatoms. The number of para-hydroxylation sites is 1. The highest BCUT2D eigenvalue weighted by molar-refractivity contribution is 5.90. The molecule has 2 amide bonds. The Balaban J connectivity index is 1.99. The number of pyridine rings is 1. The highest BCUT2D eigenvalue weighted by Crippen LogP contribution is 2.20. The van der Waals surface area contributed by atoms with Crippen LogP contribution >= 0.6 is 0 Å². The van der Waals surface area contributed by atoms with Crippen LogP contribution in [0.2, 0.25) is 0 Å². The van der Waals surface area contributed by atoms with E-state index in [4.69, 9.17) is 0 Å². The van der Waals surface area contributed by atoms with Crippen LogP contribution < -0.4 is 10.6 Å². The monoisotopic (exact) mass is 320 g/mol. The summed E-state index contributed by atoms with van der Waals surface area (Å²) < 4.78 is 1.45. The fourth-order valence-electron chi connectivity index (χ4n) is 2.29. The molecule has 0 fully saturated rings. The molecule has 3 rings (SSSR count). The van der Waals surface area contributed by atoms with Crippen molar-refractivity contribution in [1.29, 1.82) is 5.26 Å². The molecule has 0 radical (unpaired) electrons. The van der Waals surface area contributed by atoms with Crippen molar-refractivity contribution in [2.45, 2.75) is 13.3 Å². The first kappa shape index (κ1) is 15.5. The van der Waals surface area contributed by atoms with Gasteiger partial charge in [-0.05, 0) is 24.6 Å². The molecule has 120 valence electrons. The van der Waals surface area contributed by atoms with E-state index in [-0.39, 0.29) is 11.6 Å². The molecule has 0 atom stereocenters. The van der Waals surface area contributed by atoms with Gasteiger partial charge in [0.1, 0.15) is 11.6 Å². The Morgan fingerprint density at radius 1 is 1.29 bits per heavy atom. The molecule has 24 heavy (non-hydrogen) atoms. The van der Waals surface area contributed by atoms with Gasteiger partial charge in [0.05, 0.1) is 11.7 Å². The van der Waals surface area contributed by atoms with Crippen molar-refractivity contribution < 1.29 is 4.79 Å². The van der Waals surface area contributed by atoms with Gasteiger partial charge in [-0.25, -0.2) is 9.78 Å². The number of carbonyl (C=O) groups is 1. The van der Waals surface area contributed by atoms with E-state index in [1.54, 1.807) is 6.07 Å². The standard InChI is InChI=1S/C17H16N6O/c1-2-9-19-17(24)22-16-13(10-18)11-20-23(16)15-8-7-12-5-3-4-6-14(12)21-15/h3-8,11H,2,9H2,1H3,(H2,19,22,24). The third-order valence-corrected chi connectivity index (χ3v) is 3.46. The molecule has 3 aromatic rings. The van der Waals surface area contributed by atoms with Gasteiger partial charge in [0.15, 0.2) is 11.6 Å². The Morgan fingerprint density at radius 3 is 2.92 bits per heavy atom. The Bertz CT molecular complexity index is 924. The molecule has 0 unspecified atom stereocenters. The van der Waals surface area contributed by atoms with Gasteiger partial charge in [0.2, 0.25) is 0 Å². The summed E-state index contributed by atoms with van der Waals surface area (Å²) in [4.78, 5) is 16.5. The Kier molecular flexibility index (Phi) is 4.38. The summed E-state index contributed by atoms with van der Waals surface area (Å²) in [6.07, 6.45) is 2.23. The summed E-state index contributed by atoms with van der Waals surface area (Å²) in [6.45, 7) is 2.51. The minimum absolute atomic E-state index is 0.275. The van der Waals surface area contributed by atoms with Gasteiger partial charge in [0, 0.05) is 11.9 Å². The minimum Gasteiger partial charge on any atom is -0.338 e. The van der Waals surface area contributed by atoms with Gasteiger partial charge in [-0.2, -0.15) is 15.0 Å². The number of nitriles is 1. The fourth-order valence-corrected chi connectivity index (χ4v) is 2.29. The maximum Gasteiger partial charge on any atom is 0.320 e. The van der Waals surface area contributed by atoms with Gasteiger partial charge in [0.25, 0.3) is 0 Å². The summed E-state index contributed by atoms with van der Waals surface area (Å²) in [7, 11) is 0. The summed E-state index contributed by atoms with van der Waals surface area (Å²) >= 11 is 0. The van der Waals surface area contributed by atoms with Crippen LogP contribution in [0.4, 0.5) is 10.6 Å². The van der Waals surface area contributed by atoms with Crippen molar-refractivity contribution in [3.63, 3.8) is 0 Å². The highest BCUT2D eigenvalue weighted by Gasteiger charge is 2.15. The third-order valence-electron chi connectivity index (χ3n) is 3.46. The van der Waals surface area contributed by atoms with Gasteiger partial charge in [-0.1, -0.05) is 25.1 Å². The maximum absolute atomic E-state index is 11.9. The molecular formula is C17H16N6O. The first-order valence-corrected chi connectivity index (χ1v) is 7.62. The average molecular weight is 320 g/mol. The Hall–Kier alpha value is -3.40. The Morgan fingerprint density at radius 2 is 2.12 bits per heavy atom. The van der Waals surface area contributed by atoms with Crippen molar-refractivity contribution in [1.82, 2.24) is 20.1 Å². The quantitative estimate of drug-likeness (QED) is 0.772. The lowest BCUT2D eigenvalue weighted by Gasteiger charge is -2.10. The van der Waals surface area contributed by atoms with Crippen molar-refractivity contribution in [2.24, 2.45) is 0 Å². The van der Waals surface area contributed by atoms with Crippen LogP contribution in [0.15, 0.2) is 42.6 Å². The molecule has 0 saturated heterocycles. The van der Waals surface area contributed by atoms with E-state index >= 15 is 0 Å². The number of hydrogen-bond donors (Lipinski definition) is 2. The van der Waals surface area contributed by atoms with Crippen molar-refractivity contribution in [2.75, 3.05) is 11.9 Å². The van der Waals surface area contributed by atoms with Gasteiger partial charge >= 0.3 is 6.03 Å². The maximum atomic E-state index is 11.9. The molecule has 0 aliphatic rings. The van der Waals surface area contributed by atoms with Crippen molar-refractivity contribution in [3.8, 4) is 11.9 Å². The number of anilines is 1. The van der Waals surface area contributed by atoms with Crippen LogP contribution in [0.1, 0.15) is 18.9 Å². The molecule has 2 N–H and O–H groups in total. The lowest BCUT2D eigenvalue weighted by Crippen LogP contribution is -2.30. The van der Waals surface area contributed by atoms with Crippen LogP contribution in [-0.4, -0.2) is 27.3 Å². The number of hydrogen-bond acceptors (Lipinski definition) is 4. The number of rotatable bonds is 4. The molecule has 1 aromatic carbocycles. The first-order chi connectivity index (χ1) is 11.7. The topological polar surface area (TPSA) is 95.6 Å². The number of fused-ring (bicyclic) bond motifs is 1. The molecule has 0 aliphatic carbocycles. The van der Waals surface area contributed by atoms with Crippen LogP contribution in [0.3, 0.4) is 0 Å². The second-order valence-corrected chi connectivity index (χ2v) is 5.17. The van der Waals surface area contributed by atoms with Crippen molar-refractivity contribution >= 4 is 22.8 Å². The second-order valence-electron chi connectivity index (χ2n) is 5.17. The zero-order valence-electron chi connectivity index (χ0n) is 13.2. The van der Waals surface area contributed by atoms with E-state index in [1.807, 2.05) is 43.3 Å². The predicted octanol–water partition coefficient (Wildman–Crippen LogP) is 2.82. The molecule has 2 aromatic heterocycles. The van der Waals surface area contributed by atoms with Crippen LogP contribution in [-0.2, 0) is 0 Å². The van der Waals surface area contributed by atoms with E-state index in [9.17, 15) is 10.1 Å². The Labute approximate surface area is 138 Å². The molecule has 0 bridgehead atoms. The summed E-state index contributed by atoms with van der Waals surface area (Å²) in [5.41, 5.74) is 1.09. The largest absolute Gasteiger partial charge is 0.338 e. The van der Waals surface area contributed by atoms with Crippen LogP contribution in [0.5, 0.6) is 0 Å². The van der Waals surface area contributed by atoms with E-state index in [0.29, 0.717) is 18.2 Å². The van der Waals surface area contributed by atoms with E-state index in [1.165, 1.54) is 10.9 Å². The number of aromatic nitrogens is 3. The zero-order valence-corrected chi connectivity index (χ0v) is 13.2. The number of nitrogens with one attached hydrogen (secondary N) is 2. The van der Waals surface area contributed by atoms with E-state index < -0.39 is 0 Å². The molecule has 0 saturated carbocycles. The summed E-state index contributed by atoms with van der Waals surface area (Å²) in [6, 6.07) is 13.1. The lowest BCUT2D eigenvalue weighted by atomic mass is 10.2. The fraction of sp³-hybridized carbons (Fsp3) is 0.176. The van der Waals surface area contributed by atoms with E-state index in [2.05, 4.69) is 20.7 Å². The smallest absolute Gasteiger partial charge is 0.320 e. The number of carbonyl (C=O) groups excluding carboxylic acids is 1.